The average Bonchev–Trinajstić information content (AvgIpc) is 2.84. The van der Waals surface area contributed by atoms with E-state index in [0.717, 1.165) is 9.80 Å². The Balaban J connectivity index is 1.98. The van der Waals surface area contributed by atoms with Crippen molar-refractivity contribution in [2.75, 3.05) is 39.1 Å². The summed E-state index contributed by atoms with van der Waals surface area (Å²) in [4.78, 5) is 62.4. The molecule has 1 heterocycles. The molecule has 0 aliphatic carbocycles. The van der Waals surface area contributed by atoms with E-state index in [4.69, 9.17) is 16.3 Å². The molecule has 1 aliphatic rings. The fourth-order valence-electron chi connectivity index (χ4n) is 2.50. The van der Waals surface area contributed by atoms with Crippen LogP contribution in [-0.4, -0.2) is 78.2 Å². The number of amides is 6. The minimum atomic E-state index is -1.07. The molecule has 1 aromatic rings. The van der Waals surface area contributed by atoms with Gasteiger partial charge in [0.2, 0.25) is 11.8 Å². The van der Waals surface area contributed by atoms with Gasteiger partial charge in [0.15, 0.2) is 0 Å². The van der Waals surface area contributed by atoms with Gasteiger partial charge in [0.25, 0.3) is 0 Å². The molecule has 0 atom stereocenters. The van der Waals surface area contributed by atoms with Gasteiger partial charge in [-0.2, -0.15) is 0 Å². The summed E-state index contributed by atoms with van der Waals surface area (Å²) in [7, 11) is 2.76. The molecule has 0 bridgehead atoms. The van der Waals surface area contributed by atoms with Crippen molar-refractivity contribution in [2.24, 2.45) is 0 Å². The summed E-state index contributed by atoms with van der Waals surface area (Å²) in [5.74, 6) is -2.88. The zero-order valence-electron chi connectivity index (χ0n) is 15.5. The lowest BCUT2D eigenvalue weighted by Gasteiger charge is -2.20. The minimum absolute atomic E-state index is 0.0216. The Bertz CT molecular complexity index is 843. The third kappa shape index (κ3) is 4.39. The highest BCUT2D eigenvalue weighted by Crippen LogP contribution is 2.27. The van der Waals surface area contributed by atoms with Gasteiger partial charge in [-0.3, -0.25) is 24.1 Å². The molecule has 0 spiro atoms. The summed E-state index contributed by atoms with van der Waals surface area (Å²) in [6.07, 6.45) is 0. The lowest BCUT2D eigenvalue weighted by atomic mass is 10.3. The van der Waals surface area contributed by atoms with Crippen LogP contribution in [0.5, 0.6) is 5.75 Å². The standard InChI is InChI=1S/C17H19ClN4O6/c1-4-21-15(25)16(26)22(17(21)27)9-14(24)20(2)8-13(23)19-11-7-10(18)5-6-12(11)28-3/h5-7H,4,8-9H2,1-3H3,(H,19,23). The topological polar surface area (TPSA) is 116 Å². The zero-order chi connectivity index (χ0) is 21.0. The third-order valence-electron chi connectivity index (χ3n) is 3.99. The van der Waals surface area contributed by atoms with Crippen LogP contribution in [0, 0.1) is 0 Å². The molecule has 1 aromatic carbocycles. The van der Waals surface area contributed by atoms with Crippen molar-refractivity contribution in [3.05, 3.63) is 23.2 Å². The number of urea groups is 1. The molecule has 1 fully saturated rings. The Morgan fingerprint density at radius 3 is 2.39 bits per heavy atom. The van der Waals surface area contributed by atoms with Gasteiger partial charge in [-0.25, -0.2) is 9.69 Å². The number of likely N-dealkylation sites (N-methyl/N-ethyl adjacent to an activating group) is 2. The lowest BCUT2D eigenvalue weighted by molar-refractivity contribution is -0.144. The number of rotatable bonds is 7. The van der Waals surface area contributed by atoms with Gasteiger partial charge < -0.3 is 15.0 Å². The maximum Gasteiger partial charge on any atom is 0.334 e. The summed E-state index contributed by atoms with van der Waals surface area (Å²) >= 11 is 5.90. The monoisotopic (exact) mass is 410 g/mol. The van der Waals surface area contributed by atoms with Crippen LogP contribution in [0.1, 0.15) is 6.92 Å². The predicted molar refractivity (Wildman–Crippen MR) is 98.8 cm³/mol. The predicted octanol–water partition coefficient (Wildman–Crippen LogP) is 0.556. The first-order valence-electron chi connectivity index (χ1n) is 8.24. The molecule has 2 rings (SSSR count). The molecule has 0 unspecified atom stereocenters. The van der Waals surface area contributed by atoms with Crippen LogP contribution in [0.15, 0.2) is 18.2 Å². The lowest BCUT2D eigenvalue weighted by Crippen LogP contribution is -2.44. The molecule has 0 aromatic heterocycles. The maximum absolute atomic E-state index is 12.3. The van der Waals surface area contributed by atoms with Gasteiger partial charge in [0.05, 0.1) is 19.3 Å². The van der Waals surface area contributed by atoms with Crippen molar-refractivity contribution >= 4 is 46.9 Å². The number of hydrogen-bond donors (Lipinski definition) is 1. The normalized spacial score (nSPS) is 13.8. The van der Waals surface area contributed by atoms with E-state index in [2.05, 4.69) is 5.32 Å². The van der Waals surface area contributed by atoms with E-state index in [1.54, 1.807) is 12.1 Å². The Labute approximate surface area is 165 Å². The number of hydrogen-bond acceptors (Lipinski definition) is 6. The van der Waals surface area contributed by atoms with Gasteiger partial charge in [0.1, 0.15) is 12.3 Å². The molecule has 28 heavy (non-hydrogen) atoms. The maximum atomic E-state index is 12.3. The Morgan fingerprint density at radius 2 is 1.82 bits per heavy atom. The molecule has 6 amide bonds. The van der Waals surface area contributed by atoms with E-state index >= 15 is 0 Å². The number of imide groups is 2. The van der Waals surface area contributed by atoms with Crippen molar-refractivity contribution in [1.29, 1.82) is 0 Å². The number of nitrogens with one attached hydrogen (secondary N) is 1. The fourth-order valence-corrected chi connectivity index (χ4v) is 2.67. The van der Waals surface area contributed by atoms with Crippen molar-refractivity contribution < 1.29 is 28.7 Å². The molecule has 150 valence electrons. The smallest absolute Gasteiger partial charge is 0.334 e. The van der Waals surface area contributed by atoms with E-state index in [0.29, 0.717) is 21.4 Å². The number of nitrogens with zero attached hydrogens (tertiary/aromatic N) is 3. The summed E-state index contributed by atoms with van der Waals surface area (Å²) in [5.41, 5.74) is 0.329. The number of carbonyl (C=O) groups is 5. The number of anilines is 1. The van der Waals surface area contributed by atoms with Crippen LogP contribution < -0.4 is 10.1 Å². The number of carbonyl (C=O) groups excluding carboxylic acids is 5. The first-order chi connectivity index (χ1) is 13.2. The molecular weight excluding hydrogens is 392 g/mol. The van der Waals surface area contributed by atoms with Crippen molar-refractivity contribution in [2.45, 2.75) is 6.92 Å². The molecule has 0 radical (unpaired) electrons. The fraction of sp³-hybridized carbons (Fsp3) is 0.353. The van der Waals surface area contributed by atoms with Crippen LogP contribution in [0.25, 0.3) is 0 Å². The summed E-state index contributed by atoms with van der Waals surface area (Å²) in [5, 5.41) is 2.96. The van der Waals surface area contributed by atoms with Gasteiger partial charge in [-0.05, 0) is 25.1 Å². The number of benzene rings is 1. The van der Waals surface area contributed by atoms with Gasteiger partial charge in [-0.1, -0.05) is 11.6 Å². The highest BCUT2D eigenvalue weighted by atomic mass is 35.5. The van der Waals surface area contributed by atoms with E-state index in [1.807, 2.05) is 0 Å². The third-order valence-corrected chi connectivity index (χ3v) is 4.22. The molecule has 10 nitrogen and oxygen atoms in total. The van der Waals surface area contributed by atoms with Crippen molar-refractivity contribution in [3.63, 3.8) is 0 Å². The summed E-state index contributed by atoms with van der Waals surface area (Å²) in [6, 6.07) is 3.81. The van der Waals surface area contributed by atoms with Crippen LogP contribution >= 0.6 is 11.6 Å². The van der Waals surface area contributed by atoms with Crippen molar-refractivity contribution in [3.8, 4) is 5.75 Å². The van der Waals surface area contributed by atoms with Crippen LogP contribution in [0.4, 0.5) is 10.5 Å². The second-order valence-electron chi connectivity index (χ2n) is 5.87. The number of ether oxygens (including phenoxy) is 1. The van der Waals surface area contributed by atoms with Crippen LogP contribution in [0.2, 0.25) is 5.02 Å². The largest absolute Gasteiger partial charge is 0.495 e. The minimum Gasteiger partial charge on any atom is -0.495 e. The zero-order valence-corrected chi connectivity index (χ0v) is 16.3. The van der Waals surface area contributed by atoms with Gasteiger partial charge in [0, 0.05) is 18.6 Å². The highest BCUT2D eigenvalue weighted by molar-refractivity contribution is 6.45. The van der Waals surface area contributed by atoms with Gasteiger partial charge in [-0.15, -0.1) is 0 Å². The van der Waals surface area contributed by atoms with E-state index in [9.17, 15) is 24.0 Å². The second kappa shape index (κ2) is 8.70. The van der Waals surface area contributed by atoms with Crippen molar-refractivity contribution in [1.82, 2.24) is 14.7 Å². The first-order valence-corrected chi connectivity index (χ1v) is 8.62. The average molecular weight is 411 g/mol. The molecule has 1 N–H and O–H groups in total. The SMILES string of the molecule is CCN1C(=O)C(=O)N(CC(=O)N(C)CC(=O)Nc2cc(Cl)ccc2OC)C1=O. The number of methoxy groups -OCH3 is 1. The second-order valence-corrected chi connectivity index (χ2v) is 6.30. The van der Waals surface area contributed by atoms with Gasteiger partial charge >= 0.3 is 17.8 Å². The van der Waals surface area contributed by atoms with Crippen LogP contribution in [0.3, 0.4) is 0 Å². The Hall–Kier alpha value is -3.14. The molecular formula is C17H19ClN4O6. The molecule has 1 aliphatic heterocycles. The molecule has 1 saturated heterocycles. The quantitative estimate of drug-likeness (QED) is 0.518. The Morgan fingerprint density at radius 1 is 1.18 bits per heavy atom. The first kappa shape index (κ1) is 21.2. The highest BCUT2D eigenvalue weighted by Gasteiger charge is 2.44. The Kier molecular flexibility index (Phi) is 6.57. The van der Waals surface area contributed by atoms with E-state index in [-0.39, 0.29) is 13.1 Å². The summed E-state index contributed by atoms with van der Waals surface area (Å²) in [6.45, 7) is 0.573. The van der Waals surface area contributed by atoms with Crippen LogP contribution in [-0.2, 0) is 19.2 Å². The molecule has 0 saturated carbocycles. The molecule has 11 heteroatoms. The van der Waals surface area contributed by atoms with E-state index in [1.165, 1.54) is 27.1 Å². The van der Waals surface area contributed by atoms with E-state index < -0.39 is 36.2 Å². The summed E-state index contributed by atoms with van der Waals surface area (Å²) < 4.78 is 5.12. The number of halogens is 1.